The van der Waals surface area contributed by atoms with Gasteiger partial charge in [0.05, 0.1) is 12.9 Å². The zero-order valence-corrected chi connectivity index (χ0v) is 17.8. The number of aromatic nitrogens is 1. The molecule has 1 amide bonds. The third kappa shape index (κ3) is 5.37. The third-order valence-electron chi connectivity index (χ3n) is 5.48. The number of nitriles is 1. The van der Waals surface area contributed by atoms with Crippen molar-refractivity contribution in [1.29, 1.82) is 5.26 Å². The average molecular weight is 434 g/mol. The summed E-state index contributed by atoms with van der Waals surface area (Å²) in [6.07, 6.45) is 3.69. The molecule has 3 heterocycles. The van der Waals surface area contributed by atoms with Crippen molar-refractivity contribution in [3.05, 3.63) is 60.0 Å². The summed E-state index contributed by atoms with van der Waals surface area (Å²) in [6.45, 7) is 3.04. The van der Waals surface area contributed by atoms with Crippen molar-refractivity contribution in [2.45, 2.75) is 25.9 Å². The van der Waals surface area contributed by atoms with Gasteiger partial charge < -0.3 is 23.8 Å². The Morgan fingerprint density at radius 2 is 2.03 bits per heavy atom. The van der Waals surface area contributed by atoms with Gasteiger partial charge in [0, 0.05) is 32.2 Å². The van der Waals surface area contributed by atoms with Crippen LogP contribution < -0.4 is 10.2 Å². The number of nitrogens with one attached hydrogen (secondary N) is 1. The van der Waals surface area contributed by atoms with Crippen molar-refractivity contribution in [1.82, 2.24) is 10.3 Å². The molecule has 0 saturated carbocycles. The number of piperidine rings is 1. The molecule has 0 aliphatic carbocycles. The fourth-order valence-corrected chi connectivity index (χ4v) is 3.74. The van der Waals surface area contributed by atoms with Crippen LogP contribution in [0.2, 0.25) is 0 Å². The SMILES string of the molecule is N#Cc1nc(-c2ccco2)oc1N1CCC(C(=O)NCCCOCc2ccccc2)CC1. The van der Waals surface area contributed by atoms with Gasteiger partial charge in [0.2, 0.25) is 17.5 Å². The Hall–Kier alpha value is -3.57. The molecule has 0 unspecified atom stereocenters. The van der Waals surface area contributed by atoms with Crippen LogP contribution in [-0.4, -0.2) is 37.1 Å². The number of oxazole rings is 1. The van der Waals surface area contributed by atoms with Gasteiger partial charge in [0.1, 0.15) is 6.07 Å². The van der Waals surface area contributed by atoms with E-state index in [4.69, 9.17) is 13.6 Å². The first-order valence-electron chi connectivity index (χ1n) is 10.8. The number of anilines is 1. The molecule has 3 aromatic rings. The molecule has 1 fully saturated rings. The lowest BCUT2D eigenvalue weighted by atomic mass is 9.96. The topological polar surface area (TPSA) is 105 Å². The fraction of sp³-hybridized carbons (Fsp3) is 0.375. The molecule has 8 nitrogen and oxygen atoms in total. The molecule has 1 saturated heterocycles. The van der Waals surface area contributed by atoms with Crippen LogP contribution in [0, 0.1) is 17.2 Å². The first-order valence-corrected chi connectivity index (χ1v) is 10.8. The number of carbonyl (C=O) groups is 1. The lowest BCUT2D eigenvalue weighted by Gasteiger charge is -2.30. The Morgan fingerprint density at radius 3 is 2.75 bits per heavy atom. The predicted octanol–water partition coefficient (Wildman–Crippen LogP) is 3.75. The van der Waals surface area contributed by atoms with Gasteiger partial charge in [-0.15, -0.1) is 0 Å². The van der Waals surface area contributed by atoms with Crippen LogP contribution >= 0.6 is 0 Å². The predicted molar refractivity (Wildman–Crippen MR) is 118 cm³/mol. The molecule has 32 heavy (non-hydrogen) atoms. The van der Waals surface area contributed by atoms with E-state index in [9.17, 15) is 10.1 Å². The lowest BCUT2D eigenvalue weighted by Crippen LogP contribution is -2.41. The molecular weight excluding hydrogens is 408 g/mol. The van der Waals surface area contributed by atoms with E-state index < -0.39 is 0 Å². The highest BCUT2D eigenvalue weighted by Crippen LogP contribution is 2.31. The summed E-state index contributed by atoms with van der Waals surface area (Å²) in [5, 5.41) is 12.4. The highest BCUT2D eigenvalue weighted by Gasteiger charge is 2.29. The molecule has 0 radical (unpaired) electrons. The fourth-order valence-electron chi connectivity index (χ4n) is 3.74. The lowest BCUT2D eigenvalue weighted by molar-refractivity contribution is -0.125. The number of amides is 1. The van der Waals surface area contributed by atoms with Crippen molar-refractivity contribution in [2.75, 3.05) is 31.1 Å². The van der Waals surface area contributed by atoms with E-state index in [0.29, 0.717) is 57.3 Å². The number of nitrogens with zero attached hydrogens (tertiary/aromatic N) is 3. The summed E-state index contributed by atoms with van der Waals surface area (Å²) in [7, 11) is 0. The summed E-state index contributed by atoms with van der Waals surface area (Å²) in [5.41, 5.74) is 1.38. The second-order valence-electron chi connectivity index (χ2n) is 7.71. The second kappa shape index (κ2) is 10.6. The molecule has 1 aliphatic heterocycles. The Kier molecular flexibility index (Phi) is 7.20. The summed E-state index contributed by atoms with van der Waals surface area (Å²) >= 11 is 0. The van der Waals surface area contributed by atoms with Crippen molar-refractivity contribution in [3.8, 4) is 17.7 Å². The monoisotopic (exact) mass is 434 g/mol. The van der Waals surface area contributed by atoms with Crippen molar-refractivity contribution < 1.29 is 18.4 Å². The molecule has 0 spiro atoms. The standard InChI is InChI=1S/C24H26N4O4/c25-16-20-24(32-23(27-20)21-8-4-15-31-21)28-12-9-19(10-13-28)22(29)26-11-5-14-30-17-18-6-2-1-3-7-18/h1-4,6-8,15,19H,5,9-14,17H2,(H,26,29). The van der Waals surface area contributed by atoms with E-state index in [1.807, 2.05) is 35.2 Å². The highest BCUT2D eigenvalue weighted by atomic mass is 16.5. The Balaban J connectivity index is 1.18. The highest BCUT2D eigenvalue weighted by molar-refractivity contribution is 5.79. The summed E-state index contributed by atoms with van der Waals surface area (Å²) in [6, 6.07) is 15.6. The Morgan fingerprint density at radius 1 is 1.22 bits per heavy atom. The van der Waals surface area contributed by atoms with Gasteiger partial charge in [-0.3, -0.25) is 4.79 Å². The van der Waals surface area contributed by atoms with Gasteiger partial charge in [-0.25, -0.2) is 0 Å². The molecule has 0 atom stereocenters. The molecule has 2 aromatic heterocycles. The maximum Gasteiger partial charge on any atom is 0.266 e. The normalized spacial score (nSPS) is 14.3. The number of furan rings is 1. The first kappa shape index (κ1) is 21.7. The number of ether oxygens (including phenoxy) is 1. The van der Waals surface area contributed by atoms with E-state index in [-0.39, 0.29) is 23.4 Å². The van der Waals surface area contributed by atoms with Gasteiger partial charge in [-0.1, -0.05) is 30.3 Å². The smallest absolute Gasteiger partial charge is 0.266 e. The minimum absolute atomic E-state index is 0.0468. The zero-order chi connectivity index (χ0) is 22.2. The van der Waals surface area contributed by atoms with Crippen LogP contribution in [0.1, 0.15) is 30.5 Å². The van der Waals surface area contributed by atoms with E-state index in [2.05, 4.69) is 16.4 Å². The second-order valence-corrected chi connectivity index (χ2v) is 7.71. The molecule has 1 aromatic carbocycles. The molecule has 166 valence electrons. The summed E-state index contributed by atoms with van der Waals surface area (Å²) < 4.78 is 16.8. The quantitative estimate of drug-likeness (QED) is 0.512. The van der Waals surface area contributed by atoms with E-state index in [0.717, 1.165) is 12.0 Å². The van der Waals surface area contributed by atoms with Crippen LogP contribution in [0.25, 0.3) is 11.7 Å². The average Bonchev–Trinajstić information content (AvgIpc) is 3.52. The molecule has 0 bridgehead atoms. The third-order valence-corrected chi connectivity index (χ3v) is 5.48. The van der Waals surface area contributed by atoms with Gasteiger partial charge in [-0.05, 0) is 37.0 Å². The minimum atomic E-state index is -0.0468. The van der Waals surface area contributed by atoms with Crippen LogP contribution in [0.15, 0.2) is 57.6 Å². The largest absolute Gasteiger partial charge is 0.459 e. The van der Waals surface area contributed by atoms with E-state index >= 15 is 0 Å². The minimum Gasteiger partial charge on any atom is -0.459 e. The van der Waals surface area contributed by atoms with Crippen LogP contribution in [0.5, 0.6) is 0 Å². The Bertz CT molecular complexity index is 1030. The molecular formula is C24H26N4O4. The molecule has 1 aliphatic rings. The number of benzene rings is 1. The Labute approximate surface area is 186 Å². The van der Waals surface area contributed by atoms with Crippen LogP contribution in [0.3, 0.4) is 0 Å². The number of hydrogen-bond donors (Lipinski definition) is 1. The number of hydrogen-bond acceptors (Lipinski definition) is 7. The number of rotatable bonds is 9. The van der Waals surface area contributed by atoms with Crippen LogP contribution in [-0.2, 0) is 16.1 Å². The van der Waals surface area contributed by atoms with Crippen molar-refractivity contribution in [3.63, 3.8) is 0 Å². The van der Waals surface area contributed by atoms with Gasteiger partial charge >= 0.3 is 0 Å². The van der Waals surface area contributed by atoms with E-state index in [1.165, 1.54) is 6.26 Å². The maximum absolute atomic E-state index is 12.5. The number of carbonyl (C=O) groups excluding carboxylic acids is 1. The van der Waals surface area contributed by atoms with Gasteiger partial charge in [0.25, 0.3) is 5.89 Å². The van der Waals surface area contributed by atoms with Crippen molar-refractivity contribution >= 4 is 11.8 Å². The molecule has 8 heteroatoms. The van der Waals surface area contributed by atoms with E-state index in [1.54, 1.807) is 12.1 Å². The first-order chi connectivity index (χ1) is 15.7. The van der Waals surface area contributed by atoms with Gasteiger partial charge in [0.15, 0.2) is 5.76 Å². The zero-order valence-electron chi connectivity index (χ0n) is 17.8. The molecule has 1 N–H and O–H groups in total. The maximum atomic E-state index is 12.5. The van der Waals surface area contributed by atoms with Crippen molar-refractivity contribution in [2.24, 2.45) is 5.92 Å². The van der Waals surface area contributed by atoms with Gasteiger partial charge in [-0.2, -0.15) is 10.2 Å². The summed E-state index contributed by atoms with van der Waals surface area (Å²) in [5.74, 6) is 1.23. The molecule has 4 rings (SSSR count). The summed E-state index contributed by atoms with van der Waals surface area (Å²) in [4.78, 5) is 18.7. The van der Waals surface area contributed by atoms with Crippen LogP contribution in [0.4, 0.5) is 5.88 Å².